The highest BCUT2D eigenvalue weighted by Gasteiger charge is 2.53. The fourth-order valence-electron chi connectivity index (χ4n) is 4.32. The minimum absolute atomic E-state index is 0.118. The number of hydrogen-bond acceptors (Lipinski definition) is 15. The Hall–Kier alpha value is -4.84. The van der Waals surface area contributed by atoms with E-state index < -0.39 is 53.8 Å². The third-order valence-corrected chi connectivity index (χ3v) is 7.40. The topological polar surface area (TPSA) is 241 Å². The van der Waals surface area contributed by atoms with Crippen molar-refractivity contribution in [2.75, 3.05) is 30.0 Å². The number of nitrogen functional groups attached to an aromatic ring is 1. The molecule has 6 N–H and O–H groups in total. The van der Waals surface area contributed by atoms with Gasteiger partial charge in [-0.05, 0) is 6.92 Å². The maximum atomic E-state index is 13.1. The lowest BCUT2D eigenvalue weighted by atomic mass is 10.0. The van der Waals surface area contributed by atoms with Crippen LogP contribution in [0.3, 0.4) is 0 Å². The van der Waals surface area contributed by atoms with Crippen LogP contribution in [0.2, 0.25) is 0 Å². The number of nitrogens with one attached hydrogen (secondary N) is 2. The molecule has 216 valence electrons. The van der Waals surface area contributed by atoms with Crippen LogP contribution in [-0.2, 0) is 35.3 Å². The highest BCUT2D eigenvalue weighted by Crippen LogP contribution is 2.40. The number of carboxylic acid groups (broad SMARTS) is 1. The van der Waals surface area contributed by atoms with Crippen molar-refractivity contribution in [1.82, 2.24) is 15.2 Å². The summed E-state index contributed by atoms with van der Waals surface area (Å²) in [5.41, 5.74) is 11.5. The first kappa shape index (κ1) is 27.7. The number of rotatable bonds is 10. The van der Waals surface area contributed by atoms with Gasteiger partial charge in [0, 0.05) is 17.4 Å². The molecular weight excluding hydrogens is 564 g/mol. The highest BCUT2D eigenvalue weighted by molar-refractivity contribution is 8.00. The summed E-state index contributed by atoms with van der Waals surface area (Å²) in [5, 5.41) is 20.5. The fraction of sp³-hybridized carbons (Fsp3) is 0.348. The minimum Gasteiger partial charge on any atom is -0.543 e. The summed E-state index contributed by atoms with van der Waals surface area (Å²) in [6.45, 7) is 1.28. The Morgan fingerprint density at radius 1 is 1.41 bits per heavy atom. The average molecular weight is 589 g/mol. The van der Waals surface area contributed by atoms with Gasteiger partial charge < -0.3 is 45.0 Å². The maximum absolute atomic E-state index is 13.1. The van der Waals surface area contributed by atoms with Gasteiger partial charge in [0.05, 0.1) is 24.0 Å². The van der Waals surface area contributed by atoms with E-state index in [4.69, 9.17) is 30.2 Å². The molecule has 0 aliphatic carbocycles. The predicted molar refractivity (Wildman–Crippen MR) is 136 cm³/mol. The molecule has 2 aromatic heterocycles. The molecule has 0 saturated carbocycles. The van der Waals surface area contributed by atoms with Crippen molar-refractivity contribution in [1.29, 1.82) is 0 Å². The number of carboxylic acids is 1. The lowest BCUT2D eigenvalue weighted by Gasteiger charge is -2.50. The van der Waals surface area contributed by atoms with E-state index in [9.17, 15) is 24.3 Å². The Bertz CT molecular complexity index is 1470. The van der Waals surface area contributed by atoms with Gasteiger partial charge in [0.15, 0.2) is 18.5 Å². The number of ether oxygens (including phenoxy) is 2. The van der Waals surface area contributed by atoms with E-state index in [1.165, 1.54) is 11.8 Å². The van der Waals surface area contributed by atoms with Gasteiger partial charge in [-0.1, -0.05) is 5.16 Å². The lowest BCUT2D eigenvalue weighted by molar-refractivity contribution is -0.689. The summed E-state index contributed by atoms with van der Waals surface area (Å²) in [6, 6.07) is 0.373. The zero-order chi connectivity index (χ0) is 29.3. The fourth-order valence-corrected chi connectivity index (χ4v) is 5.66. The number of β-lactam (4-membered cyclic amide) rings is 1. The summed E-state index contributed by atoms with van der Waals surface area (Å²) >= 11 is 1.26. The SMILES string of the molecule is CCOC(=O)CON=C(C(=O)NC1C(=O)N2C(C(=O)[O-])=C(C[n+]3ccc4c(c3)OC(N)N4)CS[C@H]12)c1coc(N)n1. The number of carbonyl (C=O) groups is 4. The molecule has 2 amide bonds. The summed E-state index contributed by atoms with van der Waals surface area (Å²) in [7, 11) is 0. The van der Waals surface area contributed by atoms with E-state index >= 15 is 0 Å². The first-order valence-corrected chi connectivity index (χ1v) is 13.2. The third kappa shape index (κ3) is 5.59. The molecule has 0 spiro atoms. The van der Waals surface area contributed by atoms with Gasteiger partial charge in [0.2, 0.25) is 24.9 Å². The van der Waals surface area contributed by atoms with Crippen LogP contribution < -0.4 is 36.5 Å². The monoisotopic (exact) mass is 588 g/mol. The zero-order valence-corrected chi connectivity index (χ0v) is 22.2. The number of oxime groups is 1. The van der Waals surface area contributed by atoms with Crippen molar-refractivity contribution in [2.24, 2.45) is 10.9 Å². The number of pyridine rings is 1. The van der Waals surface area contributed by atoms with Crippen LogP contribution in [0.5, 0.6) is 5.75 Å². The van der Waals surface area contributed by atoms with Gasteiger partial charge in [-0.25, -0.2) is 4.79 Å². The summed E-state index contributed by atoms with van der Waals surface area (Å²) in [4.78, 5) is 59.8. The molecule has 1 saturated heterocycles. The molecule has 3 aliphatic heterocycles. The zero-order valence-electron chi connectivity index (χ0n) is 21.4. The molecule has 2 unspecified atom stereocenters. The van der Waals surface area contributed by atoms with Gasteiger partial charge in [0.25, 0.3) is 17.8 Å². The lowest BCUT2D eigenvalue weighted by Crippen LogP contribution is -2.71. The molecule has 0 radical (unpaired) electrons. The number of fused-ring (bicyclic) bond motifs is 2. The van der Waals surface area contributed by atoms with Crippen LogP contribution in [0.25, 0.3) is 0 Å². The molecule has 2 aromatic rings. The van der Waals surface area contributed by atoms with E-state index in [0.29, 0.717) is 17.0 Å². The number of oxazole rings is 1. The molecule has 3 atom stereocenters. The van der Waals surface area contributed by atoms with Crippen LogP contribution in [0.15, 0.2) is 45.6 Å². The second-order valence-electron chi connectivity index (χ2n) is 8.77. The van der Waals surface area contributed by atoms with E-state index in [-0.39, 0.29) is 36.3 Å². The maximum Gasteiger partial charge on any atom is 0.347 e. The Balaban J connectivity index is 1.31. The van der Waals surface area contributed by atoms with Crippen LogP contribution in [0, 0.1) is 0 Å². The number of nitrogens with zero attached hydrogens (tertiary/aromatic N) is 4. The minimum atomic E-state index is -1.53. The van der Waals surface area contributed by atoms with Gasteiger partial charge in [-0.15, -0.1) is 11.8 Å². The van der Waals surface area contributed by atoms with Gasteiger partial charge in [-0.2, -0.15) is 9.55 Å². The number of carbonyl (C=O) groups excluding carboxylic acids is 4. The van der Waals surface area contributed by atoms with Crippen LogP contribution in [0.4, 0.5) is 11.7 Å². The number of aromatic nitrogens is 2. The van der Waals surface area contributed by atoms with E-state index in [1.807, 2.05) is 0 Å². The van der Waals surface area contributed by atoms with E-state index in [1.54, 1.807) is 30.0 Å². The van der Waals surface area contributed by atoms with Crippen molar-refractivity contribution in [3.05, 3.63) is 41.7 Å². The molecule has 0 aromatic carbocycles. The normalized spacial score (nSPS) is 21.2. The van der Waals surface area contributed by atoms with Gasteiger partial charge in [0.1, 0.15) is 23.4 Å². The van der Waals surface area contributed by atoms with Crippen LogP contribution >= 0.6 is 11.8 Å². The summed E-state index contributed by atoms with van der Waals surface area (Å²) in [6.07, 6.45) is 3.73. The van der Waals surface area contributed by atoms with E-state index in [0.717, 1.165) is 11.2 Å². The van der Waals surface area contributed by atoms with Gasteiger partial charge >= 0.3 is 5.97 Å². The number of thioether (sulfide) groups is 1. The summed E-state index contributed by atoms with van der Waals surface area (Å²) < 4.78 is 16.8. The largest absolute Gasteiger partial charge is 0.543 e. The number of anilines is 2. The Morgan fingerprint density at radius 3 is 2.93 bits per heavy atom. The van der Waals surface area contributed by atoms with Crippen molar-refractivity contribution in [3.63, 3.8) is 0 Å². The second-order valence-corrected chi connectivity index (χ2v) is 9.87. The Morgan fingerprint density at radius 2 is 2.22 bits per heavy atom. The predicted octanol–water partition coefficient (Wildman–Crippen LogP) is -3.02. The van der Waals surface area contributed by atoms with Crippen molar-refractivity contribution >= 4 is 52.9 Å². The molecule has 3 aliphatic rings. The molecule has 18 heteroatoms. The Kier molecular flexibility index (Phi) is 7.66. The first-order valence-electron chi connectivity index (χ1n) is 12.1. The standard InChI is InChI=1S/C23H24N8O9S/c1-2-37-14(32)8-39-29-15(12-7-38-22(24)27-12)18(33)28-16-19(34)31-17(21(35)36)10(9-41-20(16)31)5-30-4-3-11-13(6-30)40-23(25)26-11/h3-4,6-7,16,20,23H,2,5,8-9,25H2,1H3,(H4,24,27,28,33,35,36)/t16?,20-,23?/m1/s1. The average Bonchev–Trinajstić information content (AvgIpc) is 3.53. The molecule has 5 heterocycles. The quantitative estimate of drug-likeness (QED) is 0.0710. The van der Waals surface area contributed by atoms with Crippen molar-refractivity contribution in [2.45, 2.75) is 31.2 Å². The van der Waals surface area contributed by atoms with Crippen LogP contribution in [-0.4, -0.2) is 76.1 Å². The van der Waals surface area contributed by atoms with Crippen LogP contribution in [0.1, 0.15) is 12.6 Å². The smallest absolute Gasteiger partial charge is 0.347 e. The third-order valence-electron chi connectivity index (χ3n) is 6.06. The van der Waals surface area contributed by atoms with Gasteiger partial charge in [-0.3, -0.25) is 20.2 Å². The number of esters is 1. The number of amides is 2. The van der Waals surface area contributed by atoms with Crippen molar-refractivity contribution < 1.29 is 47.6 Å². The number of nitrogens with two attached hydrogens (primary N) is 2. The van der Waals surface area contributed by atoms with Crippen molar-refractivity contribution in [3.8, 4) is 5.75 Å². The molecule has 17 nitrogen and oxygen atoms in total. The molecule has 0 bridgehead atoms. The molecule has 41 heavy (non-hydrogen) atoms. The first-order chi connectivity index (χ1) is 19.7. The summed E-state index contributed by atoms with van der Waals surface area (Å²) in [5.74, 6) is -3.09. The Labute approximate surface area is 235 Å². The second kappa shape index (κ2) is 11.3. The molecular formula is C23H24N8O9S. The number of aliphatic carboxylic acids is 1. The molecule has 5 rings (SSSR count). The highest BCUT2D eigenvalue weighted by atomic mass is 32.2. The number of hydrogen-bond donors (Lipinski definition) is 4. The molecule has 1 fully saturated rings. The van der Waals surface area contributed by atoms with E-state index in [2.05, 4.69) is 20.8 Å².